The van der Waals surface area contributed by atoms with Crippen LogP contribution in [0.2, 0.25) is 0 Å². The van der Waals surface area contributed by atoms with Crippen LogP contribution in [0, 0.1) is 0 Å². The zero-order chi connectivity index (χ0) is 10.3. The summed E-state index contributed by atoms with van der Waals surface area (Å²) in [7, 11) is 0. The maximum absolute atomic E-state index is 4.49. The first-order chi connectivity index (χ1) is 7.33. The Kier molecular flexibility index (Phi) is 2.37. The smallest absolute Gasteiger partial charge is 0.0962 e. The number of thiazole rings is 1. The summed E-state index contributed by atoms with van der Waals surface area (Å²) in [6.45, 7) is 0. The van der Waals surface area contributed by atoms with Crippen molar-refractivity contribution in [2.24, 2.45) is 0 Å². The highest BCUT2D eigenvalue weighted by Gasteiger charge is 2.26. The van der Waals surface area contributed by atoms with Crippen molar-refractivity contribution in [2.45, 2.75) is 18.8 Å². The molecule has 1 heterocycles. The van der Waals surface area contributed by atoms with Gasteiger partial charge in [-0.25, -0.2) is 4.98 Å². The molecule has 1 aromatic carbocycles. The van der Waals surface area contributed by atoms with E-state index in [9.17, 15) is 0 Å². The SMILES string of the molecule is Brc1cccc(-c2cnc(C3CC3)s2)c1. The summed E-state index contributed by atoms with van der Waals surface area (Å²) in [4.78, 5) is 5.76. The van der Waals surface area contributed by atoms with Gasteiger partial charge in [0.1, 0.15) is 0 Å². The highest BCUT2D eigenvalue weighted by atomic mass is 79.9. The Labute approximate surface area is 101 Å². The molecule has 0 radical (unpaired) electrons. The van der Waals surface area contributed by atoms with Crippen molar-refractivity contribution in [3.63, 3.8) is 0 Å². The second kappa shape index (κ2) is 3.72. The Bertz CT molecular complexity index is 488. The quantitative estimate of drug-likeness (QED) is 0.792. The molecule has 1 aromatic heterocycles. The van der Waals surface area contributed by atoms with E-state index in [4.69, 9.17) is 0 Å². The normalized spacial score (nSPS) is 15.5. The van der Waals surface area contributed by atoms with Crippen LogP contribution >= 0.6 is 27.3 Å². The first-order valence-corrected chi connectivity index (χ1v) is 6.65. The summed E-state index contributed by atoms with van der Waals surface area (Å²) in [5.74, 6) is 0.760. The molecule has 0 spiro atoms. The van der Waals surface area contributed by atoms with Gasteiger partial charge in [-0.3, -0.25) is 0 Å². The van der Waals surface area contributed by atoms with Gasteiger partial charge in [0.05, 0.1) is 9.88 Å². The lowest BCUT2D eigenvalue weighted by Crippen LogP contribution is -1.70. The molecular formula is C12H10BrNS. The number of nitrogens with zero attached hydrogens (tertiary/aromatic N) is 1. The summed E-state index contributed by atoms with van der Waals surface area (Å²) in [6, 6.07) is 8.39. The number of benzene rings is 1. The zero-order valence-corrected chi connectivity index (χ0v) is 10.5. The number of hydrogen-bond acceptors (Lipinski definition) is 2. The molecule has 0 unspecified atom stereocenters. The van der Waals surface area contributed by atoms with Crippen LogP contribution in [0.25, 0.3) is 10.4 Å². The monoisotopic (exact) mass is 279 g/mol. The minimum atomic E-state index is 0.760. The number of aromatic nitrogens is 1. The van der Waals surface area contributed by atoms with Crippen molar-refractivity contribution in [1.82, 2.24) is 4.98 Å². The van der Waals surface area contributed by atoms with Gasteiger partial charge in [0.25, 0.3) is 0 Å². The fraction of sp³-hybridized carbons (Fsp3) is 0.250. The number of hydrogen-bond donors (Lipinski definition) is 0. The summed E-state index contributed by atoms with van der Waals surface area (Å²) < 4.78 is 1.13. The maximum Gasteiger partial charge on any atom is 0.0962 e. The van der Waals surface area contributed by atoms with E-state index in [1.54, 1.807) is 0 Å². The van der Waals surface area contributed by atoms with Gasteiger partial charge in [-0.2, -0.15) is 0 Å². The molecule has 0 saturated heterocycles. The Morgan fingerprint density at radius 2 is 2.20 bits per heavy atom. The lowest BCUT2D eigenvalue weighted by Gasteiger charge is -1.96. The molecule has 1 aliphatic carbocycles. The van der Waals surface area contributed by atoms with E-state index in [2.05, 4.69) is 39.1 Å². The average molecular weight is 280 g/mol. The summed E-state index contributed by atoms with van der Waals surface area (Å²) in [5, 5.41) is 1.31. The number of rotatable bonds is 2. The highest BCUT2D eigenvalue weighted by Crippen LogP contribution is 2.43. The molecule has 0 bridgehead atoms. The Morgan fingerprint density at radius 1 is 1.33 bits per heavy atom. The van der Waals surface area contributed by atoms with Crippen LogP contribution in [0.4, 0.5) is 0 Å². The van der Waals surface area contributed by atoms with Crippen LogP contribution in [-0.2, 0) is 0 Å². The van der Waals surface area contributed by atoms with E-state index in [0.29, 0.717) is 0 Å². The largest absolute Gasteiger partial charge is 0.249 e. The lowest BCUT2D eigenvalue weighted by atomic mass is 10.2. The fourth-order valence-corrected chi connectivity index (χ4v) is 3.06. The van der Waals surface area contributed by atoms with Crippen LogP contribution < -0.4 is 0 Å². The third-order valence-corrected chi connectivity index (χ3v) is 4.26. The molecule has 0 amide bonds. The molecule has 0 N–H and O–H groups in total. The van der Waals surface area contributed by atoms with Gasteiger partial charge in [-0.1, -0.05) is 28.1 Å². The molecule has 1 nitrogen and oxygen atoms in total. The molecule has 15 heavy (non-hydrogen) atoms. The van der Waals surface area contributed by atoms with Gasteiger partial charge in [0, 0.05) is 16.6 Å². The van der Waals surface area contributed by atoms with Crippen LogP contribution in [0.1, 0.15) is 23.8 Å². The standard InChI is InChI=1S/C12H10BrNS/c13-10-3-1-2-9(6-10)11-7-14-12(15-11)8-4-5-8/h1-3,6-8H,4-5H2. The van der Waals surface area contributed by atoms with E-state index in [1.165, 1.54) is 28.3 Å². The molecule has 3 rings (SSSR count). The third kappa shape index (κ3) is 1.99. The van der Waals surface area contributed by atoms with Crippen molar-refractivity contribution in [2.75, 3.05) is 0 Å². The molecular weight excluding hydrogens is 270 g/mol. The van der Waals surface area contributed by atoms with Gasteiger partial charge >= 0.3 is 0 Å². The molecule has 0 atom stereocenters. The van der Waals surface area contributed by atoms with E-state index in [1.807, 2.05) is 23.6 Å². The summed E-state index contributed by atoms with van der Waals surface area (Å²) in [6.07, 6.45) is 4.65. The topological polar surface area (TPSA) is 12.9 Å². The molecule has 1 fully saturated rings. The Morgan fingerprint density at radius 3 is 2.93 bits per heavy atom. The second-order valence-electron chi connectivity index (χ2n) is 3.85. The van der Waals surface area contributed by atoms with E-state index in [0.717, 1.165) is 10.4 Å². The predicted molar refractivity (Wildman–Crippen MR) is 67.2 cm³/mol. The van der Waals surface area contributed by atoms with Crippen molar-refractivity contribution in [3.8, 4) is 10.4 Å². The van der Waals surface area contributed by atoms with Crippen LogP contribution in [-0.4, -0.2) is 4.98 Å². The van der Waals surface area contributed by atoms with E-state index >= 15 is 0 Å². The van der Waals surface area contributed by atoms with Gasteiger partial charge < -0.3 is 0 Å². The zero-order valence-electron chi connectivity index (χ0n) is 8.11. The molecule has 1 aliphatic rings. The van der Waals surface area contributed by atoms with E-state index in [-0.39, 0.29) is 0 Å². The molecule has 76 valence electrons. The van der Waals surface area contributed by atoms with Crippen molar-refractivity contribution in [3.05, 3.63) is 39.9 Å². The van der Waals surface area contributed by atoms with Crippen molar-refractivity contribution < 1.29 is 0 Å². The molecule has 0 aliphatic heterocycles. The molecule has 3 heteroatoms. The average Bonchev–Trinajstić information content (AvgIpc) is 2.97. The number of halogens is 1. The molecule has 2 aromatic rings. The minimum absolute atomic E-state index is 0.760. The van der Waals surface area contributed by atoms with Crippen LogP contribution in [0.15, 0.2) is 34.9 Å². The first kappa shape index (κ1) is 9.55. The molecule has 1 saturated carbocycles. The first-order valence-electron chi connectivity index (χ1n) is 5.04. The third-order valence-electron chi connectivity index (χ3n) is 2.56. The van der Waals surface area contributed by atoms with Crippen molar-refractivity contribution in [1.29, 1.82) is 0 Å². The Balaban J connectivity index is 1.97. The van der Waals surface area contributed by atoms with Crippen LogP contribution in [0.5, 0.6) is 0 Å². The second-order valence-corrected chi connectivity index (χ2v) is 5.83. The fourth-order valence-electron chi connectivity index (χ4n) is 1.58. The van der Waals surface area contributed by atoms with Gasteiger partial charge in [0.2, 0.25) is 0 Å². The predicted octanol–water partition coefficient (Wildman–Crippen LogP) is 4.45. The van der Waals surface area contributed by atoms with Gasteiger partial charge in [-0.15, -0.1) is 11.3 Å². The summed E-state index contributed by atoms with van der Waals surface area (Å²) >= 11 is 5.33. The van der Waals surface area contributed by atoms with Crippen molar-refractivity contribution >= 4 is 27.3 Å². The van der Waals surface area contributed by atoms with Crippen LogP contribution in [0.3, 0.4) is 0 Å². The van der Waals surface area contributed by atoms with E-state index < -0.39 is 0 Å². The lowest BCUT2D eigenvalue weighted by molar-refractivity contribution is 1.08. The summed E-state index contributed by atoms with van der Waals surface area (Å²) in [5.41, 5.74) is 1.26. The maximum atomic E-state index is 4.49. The van der Waals surface area contributed by atoms with Gasteiger partial charge in [-0.05, 0) is 30.5 Å². The van der Waals surface area contributed by atoms with Gasteiger partial charge in [0.15, 0.2) is 0 Å². The highest BCUT2D eigenvalue weighted by molar-refractivity contribution is 9.10. The Hall–Kier alpha value is -0.670. The minimum Gasteiger partial charge on any atom is -0.249 e.